The van der Waals surface area contributed by atoms with E-state index in [1.165, 1.54) is 4.90 Å². The second-order valence-electron chi connectivity index (χ2n) is 5.93. The van der Waals surface area contributed by atoms with Gasteiger partial charge in [0.15, 0.2) is 5.76 Å². The Hall–Kier alpha value is -1.85. The van der Waals surface area contributed by atoms with E-state index in [1.807, 2.05) is 13.8 Å². The van der Waals surface area contributed by atoms with Crippen molar-refractivity contribution in [3.63, 3.8) is 0 Å². The Balaban J connectivity index is 3.01. The van der Waals surface area contributed by atoms with Gasteiger partial charge in [0.2, 0.25) is 5.91 Å². The summed E-state index contributed by atoms with van der Waals surface area (Å²) < 4.78 is 10.7. The molecule has 0 aromatic carbocycles. The van der Waals surface area contributed by atoms with Crippen LogP contribution < -0.4 is 9.64 Å². The van der Waals surface area contributed by atoms with Crippen molar-refractivity contribution < 1.29 is 18.7 Å². The second-order valence-corrected chi connectivity index (χ2v) is 5.93. The lowest BCUT2D eigenvalue weighted by Gasteiger charge is -2.20. The highest BCUT2D eigenvalue weighted by Crippen LogP contribution is 2.26. The predicted octanol–water partition coefficient (Wildman–Crippen LogP) is 3.33. The van der Waals surface area contributed by atoms with Crippen LogP contribution in [0.1, 0.15) is 53.2 Å². The minimum atomic E-state index is -0.377. The van der Waals surface area contributed by atoms with Gasteiger partial charge in [-0.3, -0.25) is 14.5 Å². The van der Waals surface area contributed by atoms with Crippen LogP contribution >= 0.6 is 0 Å². The summed E-state index contributed by atoms with van der Waals surface area (Å²) in [4.78, 5) is 29.7. The number of rotatable bonds is 7. The molecule has 1 rings (SSSR count). The molecule has 0 bridgehead atoms. The van der Waals surface area contributed by atoms with Gasteiger partial charge in [-0.05, 0) is 13.3 Å². The van der Waals surface area contributed by atoms with Gasteiger partial charge in [0, 0.05) is 12.5 Å². The monoisotopic (exact) mass is 310 g/mol. The third kappa shape index (κ3) is 4.58. The summed E-state index contributed by atoms with van der Waals surface area (Å²) in [7, 11) is 0. The molecule has 0 saturated carbocycles. The number of nitrogens with zero attached hydrogens (tertiary/aromatic N) is 2. The molecular formula is C16H26N2O4. The highest BCUT2D eigenvalue weighted by molar-refractivity contribution is 5.92. The first kappa shape index (κ1) is 18.2. The van der Waals surface area contributed by atoms with E-state index >= 15 is 0 Å². The maximum Gasteiger partial charge on any atom is 0.315 e. The minimum Gasteiger partial charge on any atom is -0.424 e. The molecule has 0 spiro atoms. The molecule has 0 aliphatic heterocycles. The Morgan fingerprint density at radius 2 is 1.86 bits per heavy atom. The number of esters is 1. The SMILES string of the molecule is CCCCN(C(=O)C(C)C)c1nc(OC(=O)C(C)C)c(C)o1. The van der Waals surface area contributed by atoms with Gasteiger partial charge in [0.1, 0.15) is 0 Å². The highest BCUT2D eigenvalue weighted by Gasteiger charge is 2.25. The molecular weight excluding hydrogens is 284 g/mol. The molecule has 1 aromatic heterocycles. The molecule has 0 aliphatic rings. The van der Waals surface area contributed by atoms with E-state index in [0.29, 0.717) is 12.3 Å². The molecule has 1 aromatic rings. The summed E-state index contributed by atoms with van der Waals surface area (Å²) in [5.41, 5.74) is 0. The van der Waals surface area contributed by atoms with Crippen LogP contribution in [0, 0.1) is 18.8 Å². The zero-order chi connectivity index (χ0) is 16.9. The van der Waals surface area contributed by atoms with Gasteiger partial charge in [0.05, 0.1) is 5.92 Å². The van der Waals surface area contributed by atoms with E-state index < -0.39 is 0 Å². The van der Waals surface area contributed by atoms with Crippen LogP contribution in [-0.4, -0.2) is 23.4 Å². The van der Waals surface area contributed by atoms with E-state index in [2.05, 4.69) is 11.9 Å². The van der Waals surface area contributed by atoms with Crippen molar-refractivity contribution in [1.29, 1.82) is 0 Å². The first-order valence-corrected chi connectivity index (χ1v) is 7.78. The molecule has 0 saturated heterocycles. The summed E-state index contributed by atoms with van der Waals surface area (Å²) in [6, 6.07) is 0.191. The van der Waals surface area contributed by atoms with Crippen molar-refractivity contribution in [2.45, 2.75) is 54.4 Å². The standard InChI is InChI=1S/C16H26N2O4/c1-7-8-9-18(14(19)10(2)3)16-17-13(12(6)21-16)22-15(20)11(4)5/h10-11H,7-9H2,1-6H3. The number of aromatic nitrogens is 1. The van der Waals surface area contributed by atoms with Gasteiger partial charge in [0.25, 0.3) is 5.88 Å². The molecule has 1 heterocycles. The number of aryl methyl sites for hydroxylation is 1. The fraction of sp³-hybridized carbons (Fsp3) is 0.688. The van der Waals surface area contributed by atoms with E-state index in [9.17, 15) is 9.59 Å². The molecule has 0 N–H and O–H groups in total. The van der Waals surface area contributed by atoms with Crippen LogP contribution in [0.5, 0.6) is 5.88 Å². The number of carbonyl (C=O) groups excluding carboxylic acids is 2. The first-order chi connectivity index (χ1) is 10.3. The molecule has 0 radical (unpaired) electrons. The molecule has 0 aliphatic carbocycles. The Morgan fingerprint density at radius 1 is 1.23 bits per heavy atom. The minimum absolute atomic E-state index is 0.0589. The first-order valence-electron chi connectivity index (χ1n) is 7.78. The molecule has 22 heavy (non-hydrogen) atoms. The van der Waals surface area contributed by atoms with Crippen molar-refractivity contribution in [1.82, 2.24) is 4.98 Å². The van der Waals surface area contributed by atoms with E-state index in [4.69, 9.17) is 9.15 Å². The highest BCUT2D eigenvalue weighted by atomic mass is 16.6. The van der Waals surface area contributed by atoms with Gasteiger partial charge in [-0.2, -0.15) is 4.98 Å². The summed E-state index contributed by atoms with van der Waals surface area (Å²) >= 11 is 0. The van der Waals surface area contributed by atoms with Gasteiger partial charge >= 0.3 is 12.0 Å². The van der Waals surface area contributed by atoms with Crippen LogP contribution in [0.4, 0.5) is 6.01 Å². The van der Waals surface area contributed by atoms with Crippen molar-refractivity contribution >= 4 is 17.9 Å². The maximum absolute atomic E-state index is 12.3. The molecule has 6 heteroatoms. The van der Waals surface area contributed by atoms with E-state index in [1.54, 1.807) is 20.8 Å². The van der Waals surface area contributed by atoms with Crippen LogP contribution in [0.15, 0.2) is 4.42 Å². The average molecular weight is 310 g/mol. The lowest BCUT2D eigenvalue weighted by molar-refractivity contribution is -0.138. The normalized spacial score (nSPS) is 11.1. The largest absolute Gasteiger partial charge is 0.424 e. The van der Waals surface area contributed by atoms with E-state index in [-0.39, 0.29) is 35.6 Å². The lowest BCUT2D eigenvalue weighted by atomic mass is 10.2. The zero-order valence-corrected chi connectivity index (χ0v) is 14.3. The average Bonchev–Trinajstić information content (AvgIpc) is 2.79. The smallest absolute Gasteiger partial charge is 0.315 e. The quantitative estimate of drug-likeness (QED) is 0.722. The second kappa shape index (κ2) is 7.96. The number of hydrogen-bond acceptors (Lipinski definition) is 5. The Bertz CT molecular complexity index is 520. The fourth-order valence-electron chi connectivity index (χ4n) is 1.72. The fourth-order valence-corrected chi connectivity index (χ4v) is 1.72. The van der Waals surface area contributed by atoms with Crippen molar-refractivity contribution in [2.24, 2.45) is 11.8 Å². The molecule has 124 valence electrons. The number of carbonyl (C=O) groups is 2. The Kier molecular flexibility index (Phi) is 6.59. The van der Waals surface area contributed by atoms with Gasteiger partial charge in [-0.1, -0.05) is 41.0 Å². The number of amides is 1. The van der Waals surface area contributed by atoms with Crippen LogP contribution in [0.3, 0.4) is 0 Å². The zero-order valence-electron chi connectivity index (χ0n) is 14.3. The number of ether oxygens (including phenoxy) is 1. The predicted molar refractivity (Wildman–Crippen MR) is 83.8 cm³/mol. The topological polar surface area (TPSA) is 72.6 Å². The summed E-state index contributed by atoms with van der Waals surface area (Å²) in [6.45, 7) is 11.4. The summed E-state index contributed by atoms with van der Waals surface area (Å²) in [5.74, 6) is -0.331. The van der Waals surface area contributed by atoms with Crippen molar-refractivity contribution in [3.05, 3.63) is 5.76 Å². The van der Waals surface area contributed by atoms with Gasteiger partial charge in [-0.25, -0.2) is 0 Å². The number of hydrogen-bond donors (Lipinski definition) is 0. The third-order valence-corrected chi connectivity index (χ3v) is 3.14. The van der Waals surface area contributed by atoms with Gasteiger partial charge < -0.3 is 9.15 Å². The molecule has 0 atom stereocenters. The molecule has 1 amide bonds. The van der Waals surface area contributed by atoms with Crippen LogP contribution in [0.2, 0.25) is 0 Å². The van der Waals surface area contributed by atoms with Crippen LogP contribution in [-0.2, 0) is 9.59 Å². The number of oxazole rings is 1. The Labute approximate surface area is 131 Å². The van der Waals surface area contributed by atoms with Crippen molar-refractivity contribution in [2.75, 3.05) is 11.4 Å². The van der Waals surface area contributed by atoms with Crippen molar-refractivity contribution in [3.8, 4) is 5.88 Å². The van der Waals surface area contributed by atoms with Gasteiger partial charge in [-0.15, -0.1) is 0 Å². The third-order valence-electron chi connectivity index (χ3n) is 3.14. The molecule has 6 nitrogen and oxygen atoms in total. The Morgan fingerprint density at radius 3 is 2.36 bits per heavy atom. The molecule has 0 unspecified atom stereocenters. The number of unbranched alkanes of at least 4 members (excludes halogenated alkanes) is 1. The van der Waals surface area contributed by atoms with Crippen LogP contribution in [0.25, 0.3) is 0 Å². The molecule has 0 fully saturated rings. The maximum atomic E-state index is 12.3. The lowest BCUT2D eigenvalue weighted by Crippen LogP contribution is -2.35. The van der Waals surface area contributed by atoms with E-state index in [0.717, 1.165) is 12.8 Å². The number of anilines is 1. The summed E-state index contributed by atoms with van der Waals surface area (Å²) in [6.07, 6.45) is 1.80. The summed E-state index contributed by atoms with van der Waals surface area (Å²) in [5, 5.41) is 0.